The Kier molecular flexibility index (Phi) is 5.17. The molecule has 0 atom stereocenters. The van der Waals surface area contributed by atoms with Crippen LogP contribution in [0.2, 0.25) is 0 Å². The highest BCUT2D eigenvalue weighted by molar-refractivity contribution is 6.04. The Hall–Kier alpha value is -3.34. The second-order valence-corrected chi connectivity index (χ2v) is 6.20. The van der Waals surface area contributed by atoms with Crippen LogP contribution >= 0.6 is 0 Å². The Morgan fingerprint density at radius 3 is 2.19 bits per heavy atom. The summed E-state index contributed by atoms with van der Waals surface area (Å²) in [5.74, 6) is -0.150. The van der Waals surface area contributed by atoms with Gasteiger partial charge in [-0.15, -0.1) is 0 Å². The van der Waals surface area contributed by atoms with Gasteiger partial charge in [-0.25, -0.2) is 0 Å². The normalized spacial score (nSPS) is 10.3. The second kappa shape index (κ2) is 7.70. The fraction of sp³-hybridized carbons (Fsp3) is 0.143. The Balaban J connectivity index is 1.76. The zero-order valence-corrected chi connectivity index (χ0v) is 15.2. The first-order valence-corrected chi connectivity index (χ1v) is 8.38. The van der Waals surface area contributed by atoms with E-state index in [1.165, 1.54) is 0 Å². The van der Waals surface area contributed by atoms with E-state index in [0.717, 1.165) is 22.7 Å². The van der Waals surface area contributed by atoms with Gasteiger partial charge in [0.1, 0.15) is 5.69 Å². The van der Waals surface area contributed by atoms with E-state index >= 15 is 0 Å². The van der Waals surface area contributed by atoms with Gasteiger partial charge in [0.15, 0.2) is 0 Å². The molecule has 2 aromatic carbocycles. The number of amides is 1. The number of nitrogens with one attached hydrogen (secondary N) is 1. The van der Waals surface area contributed by atoms with E-state index in [1.807, 2.05) is 79.7 Å². The van der Waals surface area contributed by atoms with Crippen LogP contribution in [0.4, 0.5) is 22.7 Å². The third kappa shape index (κ3) is 4.00. The van der Waals surface area contributed by atoms with E-state index in [0.29, 0.717) is 5.69 Å². The molecule has 1 aromatic heterocycles. The Morgan fingerprint density at radius 2 is 1.54 bits per heavy atom. The molecule has 0 aliphatic heterocycles. The molecule has 0 unspecified atom stereocenters. The van der Waals surface area contributed by atoms with Gasteiger partial charge in [-0.2, -0.15) is 0 Å². The van der Waals surface area contributed by atoms with E-state index in [9.17, 15) is 4.79 Å². The number of nitrogens with zero attached hydrogens (tertiary/aromatic N) is 3. The number of hydrogen-bond donors (Lipinski definition) is 1. The molecular weight excluding hydrogens is 324 g/mol. The Morgan fingerprint density at radius 1 is 0.846 bits per heavy atom. The number of carbonyl (C=O) groups excluding carboxylic acids is 1. The van der Waals surface area contributed by atoms with Gasteiger partial charge >= 0.3 is 0 Å². The predicted octanol–water partition coefficient (Wildman–Crippen LogP) is 4.17. The average molecular weight is 346 g/mol. The fourth-order valence-corrected chi connectivity index (χ4v) is 2.58. The molecule has 1 heterocycles. The minimum Gasteiger partial charge on any atom is -0.378 e. The van der Waals surface area contributed by atoms with Crippen molar-refractivity contribution in [2.24, 2.45) is 0 Å². The molecule has 0 spiro atoms. The maximum absolute atomic E-state index is 12.7. The van der Waals surface area contributed by atoms with Crippen LogP contribution in [0.3, 0.4) is 0 Å². The minimum atomic E-state index is -0.150. The molecule has 0 aliphatic carbocycles. The smallest absolute Gasteiger partial charge is 0.276 e. The summed E-state index contributed by atoms with van der Waals surface area (Å²) >= 11 is 0. The molecule has 1 N–H and O–H groups in total. The van der Waals surface area contributed by atoms with Crippen molar-refractivity contribution >= 4 is 28.7 Å². The lowest BCUT2D eigenvalue weighted by Crippen LogP contribution is -2.27. The zero-order valence-electron chi connectivity index (χ0n) is 15.2. The first kappa shape index (κ1) is 17.5. The molecule has 3 rings (SSSR count). The summed E-state index contributed by atoms with van der Waals surface area (Å²) in [5.41, 5.74) is 4.13. The van der Waals surface area contributed by atoms with Crippen molar-refractivity contribution in [2.45, 2.75) is 0 Å². The topological polar surface area (TPSA) is 48.5 Å². The highest BCUT2D eigenvalue weighted by atomic mass is 16.2. The van der Waals surface area contributed by atoms with Gasteiger partial charge in [0, 0.05) is 50.1 Å². The minimum absolute atomic E-state index is 0.150. The average Bonchev–Trinajstić information content (AvgIpc) is 2.68. The third-order valence-corrected chi connectivity index (χ3v) is 4.10. The van der Waals surface area contributed by atoms with E-state index in [2.05, 4.69) is 10.3 Å². The molecule has 132 valence electrons. The van der Waals surface area contributed by atoms with Crippen LogP contribution in [0.25, 0.3) is 0 Å². The van der Waals surface area contributed by atoms with Crippen molar-refractivity contribution in [1.82, 2.24) is 4.98 Å². The first-order chi connectivity index (χ1) is 12.5. The SMILES string of the molecule is CN(C)c1ccc(Nc2ccnc(C(=O)N(C)c3ccccc3)c2)cc1. The molecule has 0 aliphatic rings. The highest BCUT2D eigenvalue weighted by Gasteiger charge is 2.15. The van der Waals surface area contributed by atoms with Crippen LogP contribution in [-0.2, 0) is 0 Å². The maximum Gasteiger partial charge on any atom is 0.276 e. The van der Waals surface area contributed by atoms with E-state index in [4.69, 9.17) is 0 Å². The van der Waals surface area contributed by atoms with E-state index < -0.39 is 0 Å². The predicted molar refractivity (Wildman–Crippen MR) is 107 cm³/mol. The summed E-state index contributed by atoms with van der Waals surface area (Å²) in [6, 6.07) is 21.2. The number of benzene rings is 2. The van der Waals surface area contributed by atoms with Crippen LogP contribution in [0.1, 0.15) is 10.5 Å². The Bertz CT molecular complexity index is 876. The van der Waals surface area contributed by atoms with Crippen LogP contribution in [0, 0.1) is 0 Å². The summed E-state index contributed by atoms with van der Waals surface area (Å²) in [6.45, 7) is 0. The van der Waals surface area contributed by atoms with Crippen LogP contribution in [-0.4, -0.2) is 32.0 Å². The van der Waals surface area contributed by atoms with Gasteiger partial charge in [0.2, 0.25) is 0 Å². The number of pyridine rings is 1. The van der Waals surface area contributed by atoms with Crippen molar-refractivity contribution in [3.8, 4) is 0 Å². The molecule has 0 radical (unpaired) electrons. The van der Waals surface area contributed by atoms with E-state index in [-0.39, 0.29) is 5.91 Å². The second-order valence-electron chi connectivity index (χ2n) is 6.20. The lowest BCUT2D eigenvalue weighted by Gasteiger charge is -2.17. The van der Waals surface area contributed by atoms with Crippen molar-refractivity contribution < 1.29 is 4.79 Å². The molecule has 3 aromatic rings. The number of rotatable bonds is 5. The number of anilines is 4. The standard InChI is InChI=1S/C21H22N4O/c1-24(2)18-11-9-16(10-12-18)23-17-13-14-22-20(15-17)21(26)25(3)19-7-5-4-6-8-19/h4-15H,1-3H3,(H,22,23). The van der Waals surface area contributed by atoms with Gasteiger partial charge in [0.05, 0.1) is 0 Å². The van der Waals surface area contributed by atoms with Gasteiger partial charge in [0.25, 0.3) is 5.91 Å². The maximum atomic E-state index is 12.7. The monoisotopic (exact) mass is 346 g/mol. The quantitative estimate of drug-likeness (QED) is 0.753. The highest BCUT2D eigenvalue weighted by Crippen LogP contribution is 2.21. The molecule has 0 saturated carbocycles. The summed E-state index contributed by atoms with van der Waals surface area (Å²) in [6.07, 6.45) is 1.64. The summed E-state index contributed by atoms with van der Waals surface area (Å²) in [5, 5.41) is 3.31. The van der Waals surface area contributed by atoms with Crippen molar-refractivity contribution in [3.63, 3.8) is 0 Å². The van der Waals surface area contributed by atoms with Gasteiger partial charge < -0.3 is 15.1 Å². The number of carbonyl (C=O) groups is 1. The largest absolute Gasteiger partial charge is 0.378 e. The molecule has 0 saturated heterocycles. The molecule has 1 amide bonds. The lowest BCUT2D eigenvalue weighted by atomic mass is 10.2. The number of aromatic nitrogens is 1. The molecule has 26 heavy (non-hydrogen) atoms. The first-order valence-electron chi connectivity index (χ1n) is 8.38. The summed E-state index contributed by atoms with van der Waals surface area (Å²) < 4.78 is 0. The number of hydrogen-bond acceptors (Lipinski definition) is 4. The third-order valence-electron chi connectivity index (χ3n) is 4.10. The molecular formula is C21H22N4O. The van der Waals surface area contributed by atoms with E-state index in [1.54, 1.807) is 24.2 Å². The van der Waals surface area contributed by atoms with Crippen LogP contribution in [0.5, 0.6) is 0 Å². The Labute approximate surface area is 153 Å². The van der Waals surface area contributed by atoms with Crippen molar-refractivity contribution in [1.29, 1.82) is 0 Å². The molecule has 0 fully saturated rings. The molecule has 5 heteroatoms. The fourth-order valence-electron chi connectivity index (χ4n) is 2.58. The van der Waals surface area contributed by atoms with Crippen LogP contribution < -0.4 is 15.1 Å². The molecule has 5 nitrogen and oxygen atoms in total. The molecule has 0 bridgehead atoms. The van der Waals surface area contributed by atoms with Crippen molar-refractivity contribution in [2.75, 3.05) is 36.3 Å². The zero-order chi connectivity index (χ0) is 18.5. The summed E-state index contributed by atoms with van der Waals surface area (Å²) in [7, 11) is 5.76. The number of para-hydroxylation sites is 1. The summed E-state index contributed by atoms with van der Waals surface area (Å²) in [4.78, 5) is 20.6. The van der Waals surface area contributed by atoms with Gasteiger partial charge in [-0.05, 0) is 48.5 Å². The van der Waals surface area contributed by atoms with Crippen molar-refractivity contribution in [3.05, 3.63) is 78.6 Å². The lowest BCUT2D eigenvalue weighted by molar-refractivity contribution is 0.0988. The van der Waals surface area contributed by atoms with Gasteiger partial charge in [-0.3, -0.25) is 9.78 Å². The van der Waals surface area contributed by atoms with Gasteiger partial charge in [-0.1, -0.05) is 18.2 Å². The van der Waals surface area contributed by atoms with Crippen LogP contribution in [0.15, 0.2) is 72.9 Å².